The molecule has 0 aliphatic carbocycles. The molecule has 24 heavy (non-hydrogen) atoms. The second kappa shape index (κ2) is 6.35. The monoisotopic (exact) mass is 324 g/mol. The molecule has 1 aliphatic heterocycles. The molecule has 5 heteroatoms. The lowest BCUT2D eigenvalue weighted by atomic mass is 10.1. The van der Waals surface area contributed by atoms with Crippen molar-refractivity contribution in [2.75, 3.05) is 17.3 Å². The summed E-state index contributed by atoms with van der Waals surface area (Å²) in [7, 11) is 1.60. The van der Waals surface area contributed by atoms with Crippen LogP contribution in [-0.4, -0.2) is 25.0 Å². The van der Waals surface area contributed by atoms with Gasteiger partial charge in [-0.1, -0.05) is 17.7 Å². The van der Waals surface area contributed by atoms with Gasteiger partial charge in [0.25, 0.3) is 5.91 Å². The van der Waals surface area contributed by atoms with Crippen LogP contribution >= 0.6 is 0 Å². The lowest BCUT2D eigenvalue weighted by Gasteiger charge is -2.18. The minimum Gasteiger partial charge on any atom is -0.497 e. The second-order valence-electron chi connectivity index (χ2n) is 5.99. The van der Waals surface area contributed by atoms with E-state index in [0.717, 1.165) is 22.6 Å². The van der Waals surface area contributed by atoms with Gasteiger partial charge in [-0.25, -0.2) is 4.90 Å². The number of carbonyl (C=O) groups is 2. The van der Waals surface area contributed by atoms with Crippen molar-refractivity contribution in [3.05, 3.63) is 53.6 Å². The molecule has 1 atom stereocenters. The molecule has 2 aromatic carbocycles. The van der Waals surface area contributed by atoms with E-state index in [1.807, 2.05) is 56.3 Å². The van der Waals surface area contributed by atoms with Crippen molar-refractivity contribution in [3.8, 4) is 5.75 Å². The SMILES string of the molecule is COc1ccc(NC2CC(=O)N(c3ccc(C)cc3C)C2=O)cc1. The van der Waals surface area contributed by atoms with Crippen molar-refractivity contribution >= 4 is 23.2 Å². The van der Waals surface area contributed by atoms with Gasteiger partial charge in [-0.2, -0.15) is 0 Å². The average Bonchev–Trinajstić information content (AvgIpc) is 2.83. The number of hydrogen-bond donors (Lipinski definition) is 1. The molecule has 1 saturated heterocycles. The van der Waals surface area contributed by atoms with E-state index < -0.39 is 6.04 Å². The van der Waals surface area contributed by atoms with Crippen LogP contribution in [-0.2, 0) is 9.59 Å². The number of carbonyl (C=O) groups excluding carboxylic acids is 2. The van der Waals surface area contributed by atoms with Gasteiger partial charge < -0.3 is 10.1 Å². The Labute approximate surface area is 141 Å². The number of benzene rings is 2. The molecule has 5 nitrogen and oxygen atoms in total. The molecule has 0 bridgehead atoms. The van der Waals surface area contributed by atoms with Crippen LogP contribution in [0.2, 0.25) is 0 Å². The number of ether oxygens (including phenoxy) is 1. The number of rotatable bonds is 4. The summed E-state index contributed by atoms with van der Waals surface area (Å²) in [6.07, 6.45) is 0.151. The number of nitrogens with one attached hydrogen (secondary N) is 1. The van der Waals surface area contributed by atoms with Gasteiger partial charge in [-0.3, -0.25) is 9.59 Å². The number of amides is 2. The predicted molar refractivity (Wildman–Crippen MR) is 93.4 cm³/mol. The summed E-state index contributed by atoms with van der Waals surface area (Å²) >= 11 is 0. The molecule has 2 aromatic rings. The van der Waals surface area contributed by atoms with Gasteiger partial charge in [-0.15, -0.1) is 0 Å². The number of anilines is 2. The Bertz CT molecular complexity index is 784. The van der Waals surface area contributed by atoms with Gasteiger partial charge >= 0.3 is 0 Å². The number of hydrogen-bond acceptors (Lipinski definition) is 4. The van der Waals surface area contributed by atoms with Gasteiger partial charge in [0, 0.05) is 5.69 Å². The summed E-state index contributed by atoms with van der Waals surface area (Å²) < 4.78 is 5.12. The molecule has 124 valence electrons. The Morgan fingerprint density at radius 1 is 1.08 bits per heavy atom. The first-order valence-corrected chi connectivity index (χ1v) is 7.84. The number of methoxy groups -OCH3 is 1. The molecule has 1 N–H and O–H groups in total. The van der Waals surface area contributed by atoms with E-state index in [1.54, 1.807) is 7.11 Å². The Kier molecular flexibility index (Phi) is 4.25. The summed E-state index contributed by atoms with van der Waals surface area (Å²) in [5.41, 5.74) is 3.46. The van der Waals surface area contributed by atoms with Crippen molar-refractivity contribution in [3.63, 3.8) is 0 Å². The van der Waals surface area contributed by atoms with Crippen LogP contribution in [0.15, 0.2) is 42.5 Å². The number of imide groups is 1. The summed E-state index contributed by atoms with van der Waals surface area (Å²) in [4.78, 5) is 26.4. The predicted octanol–water partition coefficient (Wildman–Crippen LogP) is 3.06. The summed E-state index contributed by atoms with van der Waals surface area (Å²) in [6, 6.07) is 12.4. The van der Waals surface area contributed by atoms with E-state index >= 15 is 0 Å². The lowest BCUT2D eigenvalue weighted by molar-refractivity contribution is -0.121. The van der Waals surface area contributed by atoms with Crippen molar-refractivity contribution in [1.82, 2.24) is 0 Å². The maximum Gasteiger partial charge on any atom is 0.256 e. The largest absolute Gasteiger partial charge is 0.497 e. The molecule has 0 spiro atoms. The maximum absolute atomic E-state index is 12.7. The average molecular weight is 324 g/mol. The highest BCUT2D eigenvalue weighted by Gasteiger charge is 2.40. The van der Waals surface area contributed by atoms with Crippen molar-refractivity contribution in [1.29, 1.82) is 0 Å². The lowest BCUT2D eigenvalue weighted by Crippen LogP contribution is -2.35. The molecule has 0 aromatic heterocycles. The Balaban J connectivity index is 1.80. The summed E-state index contributed by atoms with van der Waals surface area (Å²) in [5.74, 6) is 0.340. The molecule has 1 heterocycles. The molecule has 0 radical (unpaired) electrons. The standard InChI is InChI=1S/C19H20N2O3/c1-12-4-9-17(13(2)10-12)21-18(22)11-16(19(21)23)20-14-5-7-15(24-3)8-6-14/h4-10,16,20H,11H2,1-3H3. The van der Waals surface area contributed by atoms with Crippen LogP contribution < -0.4 is 15.0 Å². The first-order valence-electron chi connectivity index (χ1n) is 7.84. The summed E-state index contributed by atoms with van der Waals surface area (Å²) in [6.45, 7) is 3.89. The van der Waals surface area contributed by atoms with Gasteiger partial charge in [0.05, 0.1) is 19.2 Å². The summed E-state index contributed by atoms with van der Waals surface area (Å²) in [5, 5.41) is 3.14. The van der Waals surface area contributed by atoms with Crippen LogP contribution in [0.4, 0.5) is 11.4 Å². The zero-order valence-corrected chi connectivity index (χ0v) is 14.0. The van der Waals surface area contributed by atoms with E-state index in [1.165, 1.54) is 4.90 Å². The minimum atomic E-state index is -0.549. The van der Waals surface area contributed by atoms with Gasteiger partial charge in [0.1, 0.15) is 11.8 Å². The fraction of sp³-hybridized carbons (Fsp3) is 0.263. The van der Waals surface area contributed by atoms with E-state index in [0.29, 0.717) is 5.69 Å². The van der Waals surface area contributed by atoms with E-state index in [2.05, 4.69) is 5.32 Å². The first kappa shape index (κ1) is 16.1. The van der Waals surface area contributed by atoms with Crippen LogP contribution in [0.5, 0.6) is 5.75 Å². The second-order valence-corrected chi connectivity index (χ2v) is 5.99. The zero-order valence-electron chi connectivity index (χ0n) is 14.0. The fourth-order valence-electron chi connectivity index (χ4n) is 2.94. The maximum atomic E-state index is 12.7. The van der Waals surface area contributed by atoms with Crippen LogP contribution in [0.1, 0.15) is 17.5 Å². The molecule has 0 saturated carbocycles. The Morgan fingerprint density at radius 2 is 1.79 bits per heavy atom. The zero-order chi connectivity index (χ0) is 17.3. The molecule has 1 fully saturated rings. The third-order valence-electron chi connectivity index (χ3n) is 4.17. The molecular formula is C19H20N2O3. The third kappa shape index (κ3) is 2.97. The number of nitrogens with zero attached hydrogens (tertiary/aromatic N) is 1. The highest BCUT2D eigenvalue weighted by Crippen LogP contribution is 2.28. The minimum absolute atomic E-state index is 0.151. The fourth-order valence-corrected chi connectivity index (χ4v) is 2.94. The molecule has 1 aliphatic rings. The molecular weight excluding hydrogens is 304 g/mol. The van der Waals surface area contributed by atoms with E-state index in [9.17, 15) is 9.59 Å². The highest BCUT2D eigenvalue weighted by atomic mass is 16.5. The normalized spacial score (nSPS) is 17.3. The smallest absolute Gasteiger partial charge is 0.256 e. The Morgan fingerprint density at radius 3 is 2.42 bits per heavy atom. The van der Waals surface area contributed by atoms with E-state index in [4.69, 9.17) is 4.74 Å². The van der Waals surface area contributed by atoms with E-state index in [-0.39, 0.29) is 18.2 Å². The van der Waals surface area contributed by atoms with Crippen LogP contribution in [0, 0.1) is 13.8 Å². The van der Waals surface area contributed by atoms with Crippen molar-refractivity contribution < 1.29 is 14.3 Å². The van der Waals surface area contributed by atoms with Crippen molar-refractivity contribution in [2.24, 2.45) is 0 Å². The molecule has 3 rings (SSSR count). The quantitative estimate of drug-likeness (QED) is 0.878. The first-order chi connectivity index (χ1) is 11.5. The van der Waals surface area contributed by atoms with Gasteiger partial charge in [0.15, 0.2) is 0 Å². The molecule has 2 amide bonds. The highest BCUT2D eigenvalue weighted by molar-refractivity contribution is 6.23. The van der Waals surface area contributed by atoms with Crippen LogP contribution in [0.3, 0.4) is 0 Å². The molecule has 1 unspecified atom stereocenters. The third-order valence-corrected chi connectivity index (χ3v) is 4.17. The van der Waals surface area contributed by atoms with Crippen molar-refractivity contribution in [2.45, 2.75) is 26.3 Å². The van der Waals surface area contributed by atoms with Gasteiger partial charge in [0.2, 0.25) is 5.91 Å². The topological polar surface area (TPSA) is 58.6 Å². The van der Waals surface area contributed by atoms with Gasteiger partial charge in [-0.05, 0) is 49.7 Å². The Hall–Kier alpha value is -2.82. The number of aryl methyl sites for hydroxylation is 2. The van der Waals surface area contributed by atoms with Crippen LogP contribution in [0.25, 0.3) is 0 Å².